The molecule has 166 valence electrons. The number of hydrogen-bond donors (Lipinski definition) is 2. The first kappa shape index (κ1) is 22.6. The normalized spacial score (nSPS) is 12.0. The Kier molecular flexibility index (Phi) is 7.52. The lowest BCUT2D eigenvalue weighted by Crippen LogP contribution is -3.10. The molecule has 0 amide bonds. The quantitative estimate of drug-likeness (QED) is 0.487. The smallest absolute Gasteiger partial charge is 0.259 e. The van der Waals surface area contributed by atoms with Crippen molar-refractivity contribution in [3.63, 3.8) is 0 Å². The predicted octanol–water partition coefficient (Wildman–Crippen LogP) is 2.43. The summed E-state index contributed by atoms with van der Waals surface area (Å²) in [7, 11) is 3.12. The fourth-order valence-corrected chi connectivity index (χ4v) is 3.59. The number of aromatic amines is 1. The van der Waals surface area contributed by atoms with E-state index < -0.39 is 0 Å². The first-order valence-electron chi connectivity index (χ1n) is 10.6. The summed E-state index contributed by atoms with van der Waals surface area (Å²) in [6, 6.07) is 9.66. The zero-order chi connectivity index (χ0) is 22.4. The Bertz CT molecular complexity index is 1090. The van der Waals surface area contributed by atoms with Gasteiger partial charge in [0.25, 0.3) is 5.56 Å². The van der Waals surface area contributed by atoms with Crippen LogP contribution in [0.1, 0.15) is 30.3 Å². The first-order chi connectivity index (χ1) is 14.9. The van der Waals surface area contributed by atoms with Crippen LogP contribution in [0.2, 0.25) is 0 Å². The molecule has 0 radical (unpaired) electrons. The van der Waals surface area contributed by atoms with Crippen LogP contribution in [-0.2, 0) is 6.54 Å². The molecule has 0 bridgehead atoms. The zero-order valence-corrected chi connectivity index (χ0v) is 19.0. The molecule has 2 N–H and O–H groups in total. The highest BCUT2D eigenvalue weighted by Crippen LogP contribution is 2.29. The van der Waals surface area contributed by atoms with E-state index in [1.165, 1.54) is 10.5 Å². The zero-order valence-electron chi connectivity index (χ0n) is 19.0. The van der Waals surface area contributed by atoms with Gasteiger partial charge in [0.05, 0.1) is 44.8 Å². The molecule has 31 heavy (non-hydrogen) atoms. The van der Waals surface area contributed by atoms with Crippen LogP contribution in [0.4, 0.5) is 0 Å². The Morgan fingerprint density at radius 2 is 1.77 bits per heavy atom. The van der Waals surface area contributed by atoms with Gasteiger partial charge in [0.15, 0.2) is 17.3 Å². The number of benzene rings is 2. The average Bonchev–Trinajstić information content (AvgIpc) is 2.77. The molecule has 7 nitrogen and oxygen atoms in total. The summed E-state index contributed by atoms with van der Waals surface area (Å²) in [5.41, 5.74) is 2.78. The van der Waals surface area contributed by atoms with Crippen molar-refractivity contribution < 1.29 is 19.1 Å². The third-order valence-corrected chi connectivity index (χ3v) is 5.45. The molecular formula is C24H32N3O4+. The molecule has 1 aromatic heterocycles. The van der Waals surface area contributed by atoms with Crippen LogP contribution < -0.4 is 24.7 Å². The highest BCUT2D eigenvalue weighted by atomic mass is 16.5. The van der Waals surface area contributed by atoms with Crippen LogP contribution in [-0.4, -0.2) is 43.9 Å². The third kappa shape index (κ3) is 5.55. The summed E-state index contributed by atoms with van der Waals surface area (Å²) >= 11 is 0. The first-order valence-corrected chi connectivity index (χ1v) is 10.6. The maximum Gasteiger partial charge on any atom is 0.259 e. The number of rotatable bonds is 10. The minimum atomic E-state index is -0.172. The third-order valence-electron chi connectivity index (χ3n) is 5.45. The van der Waals surface area contributed by atoms with E-state index in [1.54, 1.807) is 26.4 Å². The molecular weight excluding hydrogens is 394 g/mol. The Morgan fingerprint density at radius 1 is 1.03 bits per heavy atom. The SMILES string of the molecule is CC[NH+](CCCOc1cc(C)ccc1C)Cc1nc2cc(OC)c(OC)cc2c(=O)[nH]1. The summed E-state index contributed by atoms with van der Waals surface area (Å²) < 4.78 is 16.6. The van der Waals surface area contributed by atoms with Crippen molar-refractivity contribution in [2.75, 3.05) is 33.9 Å². The van der Waals surface area contributed by atoms with E-state index in [0.717, 1.165) is 30.8 Å². The van der Waals surface area contributed by atoms with Gasteiger partial charge in [-0.1, -0.05) is 12.1 Å². The fourth-order valence-electron chi connectivity index (χ4n) is 3.59. The van der Waals surface area contributed by atoms with Crippen LogP contribution in [0.15, 0.2) is 35.1 Å². The van der Waals surface area contributed by atoms with Gasteiger partial charge in [-0.3, -0.25) is 4.79 Å². The van der Waals surface area contributed by atoms with E-state index >= 15 is 0 Å². The van der Waals surface area contributed by atoms with Gasteiger partial charge in [-0.05, 0) is 44.0 Å². The van der Waals surface area contributed by atoms with Gasteiger partial charge in [0.1, 0.15) is 12.3 Å². The summed E-state index contributed by atoms with van der Waals surface area (Å²) in [6.45, 7) is 9.41. The molecule has 2 aromatic carbocycles. The number of ether oxygens (including phenoxy) is 3. The highest BCUT2D eigenvalue weighted by molar-refractivity contribution is 5.81. The standard InChI is InChI=1S/C24H31N3O4/c1-6-27(10-7-11-31-20-12-16(2)8-9-17(20)3)15-23-25-19-14-22(30-5)21(29-4)13-18(19)24(28)26-23/h8-9,12-14H,6-7,10-11,15H2,1-5H3,(H,25,26,28)/p+1. The topological polar surface area (TPSA) is 77.9 Å². The minimum Gasteiger partial charge on any atom is -0.493 e. The molecule has 3 rings (SSSR count). The number of aromatic nitrogens is 2. The van der Waals surface area contributed by atoms with Crippen molar-refractivity contribution in [1.29, 1.82) is 0 Å². The number of aryl methyl sites for hydroxylation is 2. The molecule has 3 aromatic rings. The summed E-state index contributed by atoms with van der Waals surface area (Å²) in [5, 5.41) is 0.487. The van der Waals surface area contributed by atoms with Gasteiger partial charge >= 0.3 is 0 Å². The van der Waals surface area contributed by atoms with E-state index in [2.05, 4.69) is 48.9 Å². The molecule has 0 aliphatic heterocycles. The van der Waals surface area contributed by atoms with Crippen LogP contribution in [0, 0.1) is 13.8 Å². The average molecular weight is 427 g/mol. The number of H-pyrrole nitrogens is 1. The molecule has 0 spiro atoms. The maximum atomic E-state index is 12.6. The van der Waals surface area contributed by atoms with Gasteiger partial charge in [-0.25, -0.2) is 4.98 Å². The Hall–Kier alpha value is -3.06. The van der Waals surface area contributed by atoms with Gasteiger partial charge in [0, 0.05) is 12.5 Å². The summed E-state index contributed by atoms with van der Waals surface area (Å²) in [5.74, 6) is 2.68. The van der Waals surface area contributed by atoms with E-state index in [0.29, 0.717) is 41.4 Å². The van der Waals surface area contributed by atoms with Gasteiger partial charge < -0.3 is 24.1 Å². The molecule has 0 aliphatic rings. The number of fused-ring (bicyclic) bond motifs is 1. The number of nitrogens with one attached hydrogen (secondary N) is 2. The fraction of sp³-hybridized carbons (Fsp3) is 0.417. The molecule has 0 saturated carbocycles. The second-order valence-electron chi connectivity index (χ2n) is 7.74. The molecule has 0 aliphatic carbocycles. The van der Waals surface area contributed by atoms with Crippen LogP contribution in [0.5, 0.6) is 17.2 Å². The predicted molar refractivity (Wildman–Crippen MR) is 122 cm³/mol. The van der Waals surface area contributed by atoms with Crippen molar-refractivity contribution in [1.82, 2.24) is 9.97 Å². The molecule has 0 saturated heterocycles. The lowest BCUT2D eigenvalue weighted by molar-refractivity contribution is -0.912. The monoisotopic (exact) mass is 426 g/mol. The second kappa shape index (κ2) is 10.3. The van der Waals surface area contributed by atoms with Crippen molar-refractivity contribution in [2.45, 2.75) is 33.7 Å². The van der Waals surface area contributed by atoms with E-state index in [4.69, 9.17) is 14.2 Å². The molecule has 7 heteroatoms. The largest absolute Gasteiger partial charge is 0.493 e. The van der Waals surface area contributed by atoms with E-state index in [1.807, 2.05) is 0 Å². The van der Waals surface area contributed by atoms with E-state index in [-0.39, 0.29) is 5.56 Å². The van der Waals surface area contributed by atoms with Crippen molar-refractivity contribution in [2.24, 2.45) is 0 Å². The Labute approximate surface area is 183 Å². The Morgan fingerprint density at radius 3 is 2.48 bits per heavy atom. The molecule has 0 fully saturated rings. The van der Waals surface area contributed by atoms with Crippen molar-refractivity contribution in [3.05, 3.63) is 57.6 Å². The summed E-state index contributed by atoms with van der Waals surface area (Å²) in [6.07, 6.45) is 0.916. The van der Waals surface area contributed by atoms with Gasteiger partial charge in [0.2, 0.25) is 0 Å². The van der Waals surface area contributed by atoms with Gasteiger partial charge in [-0.15, -0.1) is 0 Å². The van der Waals surface area contributed by atoms with Crippen molar-refractivity contribution >= 4 is 10.9 Å². The van der Waals surface area contributed by atoms with Crippen LogP contribution in [0.3, 0.4) is 0 Å². The minimum absolute atomic E-state index is 0.172. The number of methoxy groups -OCH3 is 2. The maximum absolute atomic E-state index is 12.6. The van der Waals surface area contributed by atoms with Crippen LogP contribution >= 0.6 is 0 Å². The van der Waals surface area contributed by atoms with Crippen LogP contribution in [0.25, 0.3) is 10.9 Å². The lowest BCUT2D eigenvalue weighted by atomic mass is 10.1. The summed E-state index contributed by atoms with van der Waals surface area (Å²) in [4.78, 5) is 21.5. The second-order valence-corrected chi connectivity index (χ2v) is 7.74. The van der Waals surface area contributed by atoms with Crippen molar-refractivity contribution in [3.8, 4) is 17.2 Å². The van der Waals surface area contributed by atoms with Gasteiger partial charge in [-0.2, -0.15) is 0 Å². The number of nitrogens with zero attached hydrogens (tertiary/aromatic N) is 1. The molecule has 1 unspecified atom stereocenters. The lowest BCUT2D eigenvalue weighted by Gasteiger charge is -2.18. The number of quaternary nitrogens is 1. The number of hydrogen-bond acceptors (Lipinski definition) is 5. The van der Waals surface area contributed by atoms with E-state index in [9.17, 15) is 4.79 Å². The molecule has 1 heterocycles. The Balaban J connectivity index is 1.65. The molecule has 1 atom stereocenters. The highest BCUT2D eigenvalue weighted by Gasteiger charge is 2.14.